The minimum atomic E-state index is 0.173. The molecule has 0 aromatic carbocycles. The number of nitrogens with one attached hydrogen (secondary N) is 1. The van der Waals surface area contributed by atoms with Crippen molar-refractivity contribution in [2.75, 3.05) is 19.6 Å². The summed E-state index contributed by atoms with van der Waals surface area (Å²) >= 11 is 1.64. The van der Waals surface area contributed by atoms with E-state index in [9.17, 15) is 9.59 Å². The van der Waals surface area contributed by atoms with Crippen LogP contribution in [0.5, 0.6) is 0 Å². The van der Waals surface area contributed by atoms with Gasteiger partial charge in [0.2, 0.25) is 11.8 Å². The van der Waals surface area contributed by atoms with Crippen LogP contribution in [0, 0.1) is 11.3 Å². The second-order valence-corrected chi connectivity index (χ2v) is 9.24. The summed E-state index contributed by atoms with van der Waals surface area (Å²) in [5, 5.41) is 7.24. The Kier molecular flexibility index (Phi) is 5.67. The van der Waals surface area contributed by atoms with Crippen LogP contribution in [0.2, 0.25) is 0 Å². The summed E-state index contributed by atoms with van der Waals surface area (Å²) in [6.45, 7) is 2.39. The monoisotopic (exact) mass is 386 g/mol. The third kappa shape index (κ3) is 4.45. The first-order chi connectivity index (χ1) is 13.2. The number of hydrogen-bond donors (Lipinski definition) is 1. The molecule has 3 aliphatic rings. The van der Waals surface area contributed by atoms with E-state index in [4.69, 9.17) is 0 Å². The smallest absolute Gasteiger partial charge is 0.227 e. The Morgan fingerprint density at radius 1 is 1.26 bits per heavy atom. The molecule has 4 nitrogen and oxygen atoms in total. The van der Waals surface area contributed by atoms with Crippen LogP contribution >= 0.6 is 11.3 Å². The van der Waals surface area contributed by atoms with E-state index in [1.54, 1.807) is 11.3 Å². The maximum atomic E-state index is 12.5. The number of amides is 2. The molecule has 2 amide bonds. The Morgan fingerprint density at radius 3 is 2.81 bits per heavy atom. The standard InChI is InChI=1S/C22H30N2O2S/c25-20(14-18-7-13-27-16-18)24-11-8-22(9-12-24)15-19(22)21(26)23-10-6-17-4-2-1-3-5-17/h4,7,13,16,19H,1-3,5-6,8-12,14-15H2,(H,23,26). The van der Waals surface area contributed by atoms with Crippen LogP contribution in [0.25, 0.3) is 0 Å². The lowest BCUT2D eigenvalue weighted by Gasteiger charge is -2.33. The maximum Gasteiger partial charge on any atom is 0.227 e. The average Bonchev–Trinajstić information content (AvgIpc) is 3.13. The van der Waals surface area contributed by atoms with E-state index >= 15 is 0 Å². The van der Waals surface area contributed by atoms with Crippen LogP contribution < -0.4 is 5.32 Å². The van der Waals surface area contributed by atoms with E-state index in [1.807, 2.05) is 21.7 Å². The van der Waals surface area contributed by atoms with E-state index in [0.717, 1.165) is 50.9 Å². The normalized spacial score (nSPS) is 23.8. The molecular formula is C22H30N2O2S. The quantitative estimate of drug-likeness (QED) is 0.753. The fraction of sp³-hybridized carbons (Fsp3) is 0.636. The van der Waals surface area contributed by atoms with Gasteiger partial charge in [-0.3, -0.25) is 9.59 Å². The lowest BCUT2D eigenvalue weighted by atomic mass is 9.90. The Bertz CT molecular complexity index is 702. The Balaban J connectivity index is 1.19. The van der Waals surface area contributed by atoms with Gasteiger partial charge in [0.05, 0.1) is 6.42 Å². The molecule has 2 fully saturated rings. The summed E-state index contributed by atoms with van der Waals surface area (Å²) < 4.78 is 0. The van der Waals surface area contributed by atoms with Crippen molar-refractivity contribution in [3.8, 4) is 0 Å². The van der Waals surface area contributed by atoms with Gasteiger partial charge in [0.1, 0.15) is 0 Å². The van der Waals surface area contributed by atoms with Crippen LogP contribution in [0.1, 0.15) is 56.9 Å². The first-order valence-corrected chi connectivity index (χ1v) is 11.4. The number of allylic oxidation sites excluding steroid dienone is 1. The second kappa shape index (κ2) is 8.17. The van der Waals surface area contributed by atoms with Crippen LogP contribution in [0.3, 0.4) is 0 Å². The minimum absolute atomic E-state index is 0.173. The van der Waals surface area contributed by atoms with Gasteiger partial charge < -0.3 is 10.2 Å². The SMILES string of the molecule is O=C(NCCC1=CCCCC1)C1CC12CCN(C(=O)Cc1ccsc1)CC2. The first kappa shape index (κ1) is 18.7. The lowest BCUT2D eigenvalue weighted by Crippen LogP contribution is -2.41. The molecule has 27 heavy (non-hydrogen) atoms. The molecule has 146 valence electrons. The second-order valence-electron chi connectivity index (χ2n) is 8.46. The van der Waals surface area contributed by atoms with Crippen molar-refractivity contribution in [3.63, 3.8) is 0 Å². The third-order valence-electron chi connectivity index (χ3n) is 6.68. The van der Waals surface area contributed by atoms with Gasteiger partial charge >= 0.3 is 0 Å². The number of carbonyl (C=O) groups excluding carboxylic acids is 2. The highest BCUT2D eigenvalue weighted by Gasteiger charge is 2.58. The Labute approximate surface area is 166 Å². The zero-order chi connectivity index (χ0) is 18.7. The first-order valence-electron chi connectivity index (χ1n) is 10.4. The molecule has 1 aliphatic heterocycles. The van der Waals surface area contributed by atoms with Crippen molar-refractivity contribution >= 4 is 23.2 Å². The van der Waals surface area contributed by atoms with Crippen LogP contribution in [-0.2, 0) is 16.0 Å². The molecule has 1 unspecified atom stereocenters. The summed E-state index contributed by atoms with van der Waals surface area (Å²) in [4.78, 5) is 27.0. The predicted molar refractivity (Wildman–Crippen MR) is 109 cm³/mol. The van der Waals surface area contributed by atoms with Crippen molar-refractivity contribution in [1.82, 2.24) is 10.2 Å². The molecule has 2 aliphatic carbocycles. The van der Waals surface area contributed by atoms with Crippen molar-refractivity contribution in [1.29, 1.82) is 0 Å². The maximum absolute atomic E-state index is 12.5. The predicted octanol–water partition coefficient (Wildman–Crippen LogP) is 3.93. The van der Waals surface area contributed by atoms with Crippen LogP contribution in [0.4, 0.5) is 0 Å². The Morgan fingerprint density at radius 2 is 2.11 bits per heavy atom. The van der Waals surface area contributed by atoms with Gasteiger partial charge in [0.25, 0.3) is 0 Å². The van der Waals surface area contributed by atoms with E-state index in [0.29, 0.717) is 6.42 Å². The zero-order valence-electron chi connectivity index (χ0n) is 16.0. The molecule has 1 saturated heterocycles. The van der Waals surface area contributed by atoms with Gasteiger partial charge in [0, 0.05) is 25.6 Å². The van der Waals surface area contributed by atoms with E-state index < -0.39 is 0 Å². The van der Waals surface area contributed by atoms with Gasteiger partial charge in [0.15, 0.2) is 0 Å². The highest BCUT2D eigenvalue weighted by molar-refractivity contribution is 7.08. The minimum Gasteiger partial charge on any atom is -0.356 e. The molecule has 2 heterocycles. The number of piperidine rings is 1. The van der Waals surface area contributed by atoms with Gasteiger partial charge in [-0.15, -0.1) is 0 Å². The molecule has 1 aromatic rings. The van der Waals surface area contributed by atoms with Gasteiger partial charge in [-0.1, -0.05) is 11.6 Å². The average molecular weight is 387 g/mol. The van der Waals surface area contributed by atoms with Crippen molar-refractivity contribution < 1.29 is 9.59 Å². The number of thiophene rings is 1. The molecule has 1 aromatic heterocycles. The van der Waals surface area contributed by atoms with Crippen molar-refractivity contribution in [2.24, 2.45) is 11.3 Å². The van der Waals surface area contributed by atoms with Crippen molar-refractivity contribution in [3.05, 3.63) is 34.0 Å². The van der Waals surface area contributed by atoms with E-state index in [2.05, 4.69) is 11.4 Å². The fourth-order valence-corrected chi connectivity index (χ4v) is 5.42. The number of hydrogen-bond acceptors (Lipinski definition) is 3. The zero-order valence-corrected chi connectivity index (χ0v) is 16.9. The molecule has 1 spiro atoms. The van der Waals surface area contributed by atoms with Crippen LogP contribution in [0.15, 0.2) is 28.5 Å². The molecule has 1 N–H and O–H groups in total. The summed E-state index contributed by atoms with van der Waals surface area (Å²) in [6, 6.07) is 2.03. The highest BCUT2D eigenvalue weighted by Crippen LogP contribution is 2.59. The summed E-state index contributed by atoms with van der Waals surface area (Å²) in [6.07, 6.45) is 11.9. The number of likely N-dealkylation sites (tertiary alicyclic amines) is 1. The van der Waals surface area contributed by atoms with Gasteiger partial charge in [-0.25, -0.2) is 0 Å². The highest BCUT2D eigenvalue weighted by atomic mass is 32.1. The third-order valence-corrected chi connectivity index (χ3v) is 7.42. The lowest BCUT2D eigenvalue weighted by molar-refractivity contribution is -0.132. The molecule has 1 atom stereocenters. The summed E-state index contributed by atoms with van der Waals surface area (Å²) in [5.74, 6) is 0.641. The molecular weight excluding hydrogens is 356 g/mol. The number of nitrogens with zero attached hydrogens (tertiary/aromatic N) is 1. The summed E-state index contributed by atoms with van der Waals surface area (Å²) in [5.41, 5.74) is 2.81. The molecule has 0 radical (unpaired) electrons. The molecule has 1 saturated carbocycles. The fourth-order valence-electron chi connectivity index (χ4n) is 4.75. The van der Waals surface area contributed by atoms with Crippen molar-refractivity contribution in [2.45, 2.75) is 57.8 Å². The van der Waals surface area contributed by atoms with Gasteiger partial charge in [-0.05, 0) is 79.2 Å². The number of rotatable bonds is 6. The van der Waals surface area contributed by atoms with E-state index in [-0.39, 0.29) is 23.1 Å². The van der Waals surface area contributed by atoms with Crippen LogP contribution in [-0.4, -0.2) is 36.3 Å². The topological polar surface area (TPSA) is 49.4 Å². The molecule has 4 rings (SSSR count). The van der Waals surface area contributed by atoms with Gasteiger partial charge in [-0.2, -0.15) is 11.3 Å². The Hall–Kier alpha value is -1.62. The van der Waals surface area contributed by atoms with E-state index in [1.165, 1.54) is 31.3 Å². The largest absolute Gasteiger partial charge is 0.356 e. The number of carbonyl (C=O) groups is 2. The summed E-state index contributed by atoms with van der Waals surface area (Å²) in [7, 11) is 0. The molecule has 5 heteroatoms. The molecule has 0 bridgehead atoms.